The fourth-order valence-corrected chi connectivity index (χ4v) is 8.44. The maximum atomic E-state index is 14.8. The van der Waals surface area contributed by atoms with Crippen LogP contribution in [0.4, 0.5) is 31.0 Å². The van der Waals surface area contributed by atoms with Gasteiger partial charge in [-0.25, -0.2) is 28.1 Å². The van der Waals surface area contributed by atoms with Crippen LogP contribution in [-0.2, 0) is 11.3 Å². The van der Waals surface area contributed by atoms with Gasteiger partial charge in [0.2, 0.25) is 5.91 Å². The third kappa shape index (κ3) is 7.18. The smallest absolute Gasteiger partial charge is 0.329 e. The molecular formula is C39H42F2N12O2. The molecule has 0 unspecified atom stereocenters. The molecule has 0 saturated carbocycles. The fourth-order valence-electron chi connectivity index (χ4n) is 8.44. The molecule has 0 radical (unpaired) electrons. The Morgan fingerprint density at radius 2 is 1.65 bits per heavy atom. The third-order valence-corrected chi connectivity index (χ3v) is 11.4. The van der Waals surface area contributed by atoms with Crippen LogP contribution >= 0.6 is 0 Å². The van der Waals surface area contributed by atoms with E-state index in [-0.39, 0.29) is 18.4 Å². The summed E-state index contributed by atoms with van der Waals surface area (Å²) in [4.78, 5) is 44.6. The molecule has 0 bridgehead atoms. The van der Waals surface area contributed by atoms with Gasteiger partial charge < -0.3 is 9.80 Å². The van der Waals surface area contributed by atoms with Crippen molar-refractivity contribution in [1.82, 2.24) is 44.9 Å². The van der Waals surface area contributed by atoms with E-state index in [4.69, 9.17) is 9.97 Å². The number of anilines is 3. The second kappa shape index (κ2) is 14.9. The number of hydrogen-bond donors (Lipinski definition) is 1. The summed E-state index contributed by atoms with van der Waals surface area (Å²) >= 11 is 0. The van der Waals surface area contributed by atoms with Crippen LogP contribution in [0.25, 0.3) is 16.9 Å². The summed E-state index contributed by atoms with van der Waals surface area (Å²) < 4.78 is 30.2. The van der Waals surface area contributed by atoms with Gasteiger partial charge >= 0.3 is 6.03 Å². The van der Waals surface area contributed by atoms with Gasteiger partial charge in [-0.05, 0) is 62.1 Å². The van der Waals surface area contributed by atoms with Crippen molar-refractivity contribution in [1.29, 1.82) is 0 Å². The first-order valence-corrected chi connectivity index (χ1v) is 19.0. The molecule has 9 rings (SSSR count). The lowest BCUT2D eigenvalue weighted by Gasteiger charge is -2.43. The maximum Gasteiger partial charge on any atom is 0.329 e. The molecule has 14 nitrogen and oxygen atoms in total. The Balaban J connectivity index is 0.803. The van der Waals surface area contributed by atoms with Crippen LogP contribution in [0.1, 0.15) is 49.4 Å². The van der Waals surface area contributed by atoms with Crippen LogP contribution in [0.15, 0.2) is 67.0 Å². The highest BCUT2D eigenvalue weighted by molar-refractivity contribution is 6.05. The van der Waals surface area contributed by atoms with Crippen molar-refractivity contribution in [3.8, 4) is 11.3 Å². The van der Waals surface area contributed by atoms with Crippen LogP contribution in [-0.4, -0.2) is 110 Å². The van der Waals surface area contributed by atoms with Crippen molar-refractivity contribution in [2.45, 2.75) is 50.7 Å². The standard InChI is InChI=1S/C39H42F2N12O2/c40-26-6-8-29(31(41)23-26)33-4-2-14-51(33)35-12-18-53-38(44-35)30(24-42-53)32-3-1-5-34(43-32)50-21-19-49(20-22-50)28-10-15-48(16-11-28)25-27-7-9-36(47-46-27)52-17-13-37(54)45-39(52)55/h1,3,5-9,12,18,23-24,28,33H,2,4,10-11,13-17,19-22,25H2,(H,45,54,55)/t33-/m1/s1. The summed E-state index contributed by atoms with van der Waals surface area (Å²) in [6, 6.07) is 15.3. The minimum atomic E-state index is -0.579. The normalized spacial score (nSPS) is 20.5. The van der Waals surface area contributed by atoms with E-state index in [0.717, 1.165) is 106 Å². The Kier molecular flexibility index (Phi) is 9.52. The van der Waals surface area contributed by atoms with Crippen LogP contribution in [0, 0.1) is 11.6 Å². The molecule has 4 aliphatic rings. The van der Waals surface area contributed by atoms with E-state index in [1.165, 1.54) is 11.0 Å². The summed E-state index contributed by atoms with van der Waals surface area (Å²) in [7, 11) is 0. The molecule has 4 aromatic heterocycles. The monoisotopic (exact) mass is 748 g/mol. The van der Waals surface area contributed by atoms with Crippen LogP contribution in [0.5, 0.6) is 0 Å². The minimum absolute atomic E-state index is 0.221. The largest absolute Gasteiger partial charge is 0.354 e. The number of carbonyl (C=O) groups excluding carboxylic acids is 2. The summed E-state index contributed by atoms with van der Waals surface area (Å²) in [5.41, 5.74) is 3.64. The van der Waals surface area contributed by atoms with Crippen molar-refractivity contribution in [2.75, 3.05) is 67.1 Å². The summed E-state index contributed by atoms with van der Waals surface area (Å²) in [5.74, 6) is 0.720. The van der Waals surface area contributed by atoms with Crippen molar-refractivity contribution in [3.05, 3.63) is 89.9 Å². The molecule has 3 amide bonds. The second-order valence-corrected chi connectivity index (χ2v) is 14.7. The number of amides is 3. The first-order chi connectivity index (χ1) is 26.9. The maximum absolute atomic E-state index is 14.8. The highest BCUT2D eigenvalue weighted by atomic mass is 19.1. The Bertz CT molecular complexity index is 2200. The molecule has 4 aliphatic heterocycles. The molecule has 1 aromatic carbocycles. The topological polar surface area (TPSA) is 131 Å². The first-order valence-electron chi connectivity index (χ1n) is 19.0. The molecule has 5 aromatic rings. The van der Waals surface area contributed by atoms with Crippen molar-refractivity contribution in [3.63, 3.8) is 0 Å². The number of hydrogen-bond acceptors (Lipinski definition) is 11. The number of benzene rings is 1. The van der Waals surface area contributed by atoms with Gasteiger partial charge in [0.25, 0.3) is 0 Å². The number of fused-ring (bicyclic) bond motifs is 1. The predicted octanol–water partition coefficient (Wildman–Crippen LogP) is 4.43. The van der Waals surface area contributed by atoms with Crippen LogP contribution < -0.4 is 20.0 Å². The Hall–Kier alpha value is -5.61. The van der Waals surface area contributed by atoms with Crippen LogP contribution in [0.3, 0.4) is 0 Å². The van der Waals surface area contributed by atoms with Gasteiger partial charge in [0, 0.05) is 89.2 Å². The summed E-state index contributed by atoms with van der Waals surface area (Å²) in [6.45, 7) is 7.39. The Labute approximate surface area is 316 Å². The number of imide groups is 1. The number of rotatable bonds is 8. The Morgan fingerprint density at radius 3 is 2.44 bits per heavy atom. The number of nitrogens with one attached hydrogen (secondary N) is 1. The highest BCUT2D eigenvalue weighted by Crippen LogP contribution is 2.37. The van der Waals surface area contributed by atoms with E-state index in [2.05, 4.69) is 46.3 Å². The molecule has 4 saturated heterocycles. The van der Waals surface area contributed by atoms with E-state index >= 15 is 0 Å². The van der Waals surface area contributed by atoms with E-state index in [1.807, 2.05) is 30.5 Å². The molecule has 0 spiro atoms. The molecule has 1 atom stereocenters. The SMILES string of the molecule is O=C1CCN(c2ccc(CN3CCC(N4CCN(c5cccc(-c6cnn7ccc(N8CCC[C@@H]8c8ccc(F)cc8F)nc67)n5)CC4)CC3)nn2)C(=O)N1. The quantitative estimate of drug-likeness (QED) is 0.242. The average Bonchev–Trinajstić information content (AvgIpc) is 3.87. The number of halogens is 2. The summed E-state index contributed by atoms with van der Waals surface area (Å²) in [5, 5.41) is 15.5. The number of piperidine rings is 1. The van der Waals surface area contributed by atoms with Gasteiger partial charge in [0.05, 0.1) is 29.2 Å². The van der Waals surface area contributed by atoms with Gasteiger partial charge in [0.1, 0.15) is 23.3 Å². The first kappa shape index (κ1) is 35.1. The zero-order valence-corrected chi connectivity index (χ0v) is 30.4. The number of urea groups is 1. The number of likely N-dealkylation sites (tertiary alicyclic amines) is 1. The van der Waals surface area contributed by atoms with Gasteiger partial charge in [0.15, 0.2) is 11.5 Å². The predicted molar refractivity (Wildman–Crippen MR) is 202 cm³/mol. The lowest BCUT2D eigenvalue weighted by molar-refractivity contribution is -0.120. The van der Waals surface area contributed by atoms with E-state index < -0.39 is 17.7 Å². The molecular weight excluding hydrogens is 707 g/mol. The highest BCUT2D eigenvalue weighted by Gasteiger charge is 2.31. The minimum Gasteiger partial charge on any atom is -0.354 e. The lowest BCUT2D eigenvalue weighted by atomic mass is 10.0. The number of piperazine rings is 1. The summed E-state index contributed by atoms with van der Waals surface area (Å²) in [6.07, 6.45) is 7.74. The average molecular weight is 749 g/mol. The van der Waals surface area contributed by atoms with Gasteiger partial charge in [-0.1, -0.05) is 12.1 Å². The van der Waals surface area contributed by atoms with E-state index in [0.29, 0.717) is 36.2 Å². The van der Waals surface area contributed by atoms with Gasteiger partial charge in [-0.15, -0.1) is 5.10 Å². The molecule has 0 aliphatic carbocycles. The Morgan fingerprint density at radius 1 is 0.800 bits per heavy atom. The van der Waals surface area contributed by atoms with Gasteiger partial charge in [-0.3, -0.25) is 24.8 Å². The second-order valence-electron chi connectivity index (χ2n) is 14.7. The fraction of sp³-hybridized carbons (Fsp3) is 0.410. The van der Waals surface area contributed by atoms with Crippen molar-refractivity contribution >= 4 is 35.0 Å². The molecule has 16 heteroatoms. The van der Waals surface area contributed by atoms with E-state index in [9.17, 15) is 18.4 Å². The number of carbonyl (C=O) groups is 2. The zero-order valence-electron chi connectivity index (χ0n) is 30.4. The van der Waals surface area contributed by atoms with Crippen LogP contribution in [0.2, 0.25) is 0 Å². The molecule has 55 heavy (non-hydrogen) atoms. The third-order valence-electron chi connectivity index (χ3n) is 11.4. The zero-order chi connectivity index (χ0) is 37.5. The molecule has 8 heterocycles. The van der Waals surface area contributed by atoms with Crippen molar-refractivity contribution < 1.29 is 18.4 Å². The number of pyridine rings is 1. The number of nitrogens with zero attached hydrogens (tertiary/aromatic N) is 11. The molecule has 284 valence electrons. The lowest BCUT2D eigenvalue weighted by Crippen LogP contribution is -2.53. The molecule has 1 N–H and O–H groups in total. The van der Waals surface area contributed by atoms with Gasteiger partial charge in [-0.2, -0.15) is 10.2 Å². The van der Waals surface area contributed by atoms with E-state index in [1.54, 1.807) is 22.8 Å². The van der Waals surface area contributed by atoms with Crippen molar-refractivity contribution in [2.24, 2.45) is 0 Å². The number of aromatic nitrogens is 6. The molecule has 4 fully saturated rings.